The second kappa shape index (κ2) is 5.12. The van der Waals surface area contributed by atoms with Crippen molar-refractivity contribution in [1.82, 2.24) is 4.98 Å². The van der Waals surface area contributed by atoms with Gasteiger partial charge in [-0.3, -0.25) is 19.9 Å². The van der Waals surface area contributed by atoms with Crippen LogP contribution in [0.25, 0.3) is 0 Å². The molecular formula is C11H12BrN3O4. The Labute approximate surface area is 117 Å². The molecule has 2 N–H and O–H groups in total. The number of anilines is 1. The maximum Gasteiger partial charge on any atom is 0.311 e. The van der Waals surface area contributed by atoms with E-state index in [2.05, 4.69) is 26.2 Å². The maximum atomic E-state index is 11.0. The molecule has 0 atom stereocenters. The molecule has 0 radical (unpaired) electrons. The third kappa shape index (κ3) is 2.83. The second-order valence-electron chi connectivity index (χ2n) is 4.60. The van der Waals surface area contributed by atoms with Gasteiger partial charge >= 0.3 is 11.7 Å². The van der Waals surface area contributed by atoms with Crippen molar-refractivity contribution in [1.29, 1.82) is 0 Å². The Hall–Kier alpha value is -1.70. The number of hydrogen-bond acceptors (Lipinski definition) is 5. The minimum Gasteiger partial charge on any atom is -0.481 e. The minimum atomic E-state index is -0.917. The molecule has 0 aromatic carbocycles. The van der Waals surface area contributed by atoms with Crippen LogP contribution in [0.2, 0.25) is 0 Å². The number of carbonyl (C=O) groups is 1. The quantitative estimate of drug-likeness (QED) is 0.635. The summed E-state index contributed by atoms with van der Waals surface area (Å²) >= 11 is 3.21. The van der Waals surface area contributed by atoms with E-state index in [1.54, 1.807) is 0 Å². The zero-order valence-corrected chi connectivity index (χ0v) is 11.5. The first-order valence-electron chi connectivity index (χ1n) is 5.71. The van der Waals surface area contributed by atoms with E-state index >= 15 is 0 Å². The average molecular weight is 330 g/mol. The Kier molecular flexibility index (Phi) is 3.70. The summed E-state index contributed by atoms with van der Waals surface area (Å²) in [6.07, 6.45) is 4.83. The van der Waals surface area contributed by atoms with E-state index in [1.165, 1.54) is 6.20 Å². The molecule has 1 saturated carbocycles. The van der Waals surface area contributed by atoms with Crippen LogP contribution < -0.4 is 5.32 Å². The first-order chi connectivity index (χ1) is 8.93. The highest BCUT2D eigenvalue weighted by Crippen LogP contribution is 2.42. The number of nitrogens with one attached hydrogen (secondary N) is 1. The number of hydrogen-bond donors (Lipinski definition) is 2. The zero-order chi connectivity index (χ0) is 14.0. The highest BCUT2D eigenvalue weighted by atomic mass is 79.9. The third-order valence-corrected chi connectivity index (χ3v) is 3.87. The van der Waals surface area contributed by atoms with Gasteiger partial charge in [-0.2, -0.15) is 0 Å². The topological polar surface area (TPSA) is 105 Å². The fraction of sp³-hybridized carbons (Fsp3) is 0.455. The van der Waals surface area contributed by atoms with Gasteiger partial charge in [0.1, 0.15) is 11.9 Å². The smallest absolute Gasteiger partial charge is 0.311 e. The molecule has 1 aromatic heterocycles. The molecule has 102 valence electrons. The molecule has 0 spiro atoms. The largest absolute Gasteiger partial charge is 0.481 e. The Bertz CT molecular complexity index is 531. The number of pyridine rings is 1. The van der Waals surface area contributed by atoms with Gasteiger partial charge in [-0.25, -0.2) is 0 Å². The molecule has 8 heteroatoms. The fourth-order valence-electron chi connectivity index (χ4n) is 2.19. The highest BCUT2D eigenvalue weighted by molar-refractivity contribution is 9.10. The van der Waals surface area contributed by atoms with E-state index in [0.717, 1.165) is 12.6 Å². The predicted molar refractivity (Wildman–Crippen MR) is 71.0 cm³/mol. The molecule has 0 saturated heterocycles. The lowest BCUT2D eigenvalue weighted by atomic mass is 9.74. The van der Waals surface area contributed by atoms with Gasteiger partial charge in [0.15, 0.2) is 0 Å². The van der Waals surface area contributed by atoms with E-state index in [9.17, 15) is 14.9 Å². The number of aromatic nitrogens is 1. The molecule has 1 heterocycles. The van der Waals surface area contributed by atoms with Gasteiger partial charge in [0.25, 0.3) is 0 Å². The van der Waals surface area contributed by atoms with Crippen LogP contribution in [0.5, 0.6) is 0 Å². The average Bonchev–Trinajstić information content (AvgIpc) is 2.27. The number of rotatable bonds is 5. The molecule has 1 aromatic rings. The normalized spacial score (nSPS) is 16.5. The number of nitrogens with zero attached hydrogens (tertiary/aromatic N) is 2. The molecular weight excluding hydrogens is 318 g/mol. The number of carboxylic acids is 1. The van der Waals surface area contributed by atoms with Crippen LogP contribution >= 0.6 is 15.9 Å². The van der Waals surface area contributed by atoms with Gasteiger partial charge in [-0.15, -0.1) is 0 Å². The lowest BCUT2D eigenvalue weighted by molar-refractivity contribution is -0.384. The number of carboxylic acid groups (broad SMARTS) is 1. The van der Waals surface area contributed by atoms with Crippen LogP contribution in [0.4, 0.5) is 11.4 Å². The summed E-state index contributed by atoms with van der Waals surface area (Å²) in [6, 6.07) is 0. The van der Waals surface area contributed by atoms with Crippen molar-refractivity contribution in [3.8, 4) is 0 Å². The first-order valence-corrected chi connectivity index (χ1v) is 6.51. The van der Waals surface area contributed by atoms with Gasteiger partial charge in [0.2, 0.25) is 0 Å². The van der Waals surface area contributed by atoms with Crippen molar-refractivity contribution in [2.24, 2.45) is 0 Å². The van der Waals surface area contributed by atoms with Gasteiger partial charge in [-0.05, 0) is 35.2 Å². The lowest BCUT2D eigenvalue weighted by Crippen LogP contribution is -2.47. The Morgan fingerprint density at radius 3 is 2.74 bits per heavy atom. The second-order valence-corrected chi connectivity index (χ2v) is 5.46. The van der Waals surface area contributed by atoms with E-state index < -0.39 is 16.4 Å². The summed E-state index contributed by atoms with van der Waals surface area (Å²) in [7, 11) is 0. The van der Waals surface area contributed by atoms with Crippen molar-refractivity contribution >= 4 is 33.3 Å². The molecule has 7 nitrogen and oxygen atoms in total. The minimum absolute atomic E-state index is 0.0566. The van der Waals surface area contributed by atoms with Crippen molar-refractivity contribution in [3.05, 3.63) is 27.0 Å². The molecule has 1 aliphatic rings. The van der Waals surface area contributed by atoms with E-state index in [0.29, 0.717) is 23.0 Å². The Balaban J connectivity index is 2.32. The van der Waals surface area contributed by atoms with Gasteiger partial charge in [0.05, 0.1) is 15.8 Å². The molecule has 0 bridgehead atoms. The van der Waals surface area contributed by atoms with E-state index in [1.807, 2.05) is 0 Å². The highest BCUT2D eigenvalue weighted by Gasteiger charge is 2.40. The lowest BCUT2D eigenvalue weighted by Gasteiger charge is -2.42. The number of nitro groups is 1. The number of halogens is 1. The molecule has 0 aliphatic heterocycles. The van der Waals surface area contributed by atoms with Crippen LogP contribution in [0, 0.1) is 10.1 Å². The molecule has 1 fully saturated rings. The molecule has 2 rings (SSSR count). The SMILES string of the molecule is O=C(O)CC1(Nc2c(Br)cncc2[N+](=O)[O-])CCC1. The third-order valence-electron chi connectivity index (χ3n) is 3.27. The summed E-state index contributed by atoms with van der Waals surface area (Å²) < 4.78 is 0.457. The molecule has 19 heavy (non-hydrogen) atoms. The van der Waals surface area contributed by atoms with Gasteiger partial charge < -0.3 is 10.4 Å². The van der Waals surface area contributed by atoms with Crippen molar-refractivity contribution < 1.29 is 14.8 Å². The van der Waals surface area contributed by atoms with Crippen molar-refractivity contribution in [2.45, 2.75) is 31.2 Å². The van der Waals surface area contributed by atoms with Crippen molar-refractivity contribution in [2.75, 3.05) is 5.32 Å². The monoisotopic (exact) mass is 329 g/mol. The zero-order valence-electron chi connectivity index (χ0n) is 9.93. The Morgan fingerprint density at radius 1 is 1.58 bits per heavy atom. The molecule has 0 amide bonds. The van der Waals surface area contributed by atoms with E-state index in [-0.39, 0.29) is 12.1 Å². The van der Waals surface area contributed by atoms with Crippen LogP contribution in [0.3, 0.4) is 0 Å². The van der Waals surface area contributed by atoms with Crippen LogP contribution in [0.1, 0.15) is 25.7 Å². The summed E-state index contributed by atoms with van der Waals surface area (Å²) in [6.45, 7) is 0. The van der Waals surface area contributed by atoms with Gasteiger partial charge in [-0.1, -0.05) is 0 Å². The van der Waals surface area contributed by atoms with E-state index in [4.69, 9.17) is 5.11 Å². The fourth-order valence-corrected chi connectivity index (χ4v) is 2.61. The summed E-state index contributed by atoms with van der Waals surface area (Å²) in [4.78, 5) is 25.1. The standard InChI is InChI=1S/C11H12BrN3O4/c12-7-5-13-6-8(15(18)19)10(7)14-11(2-1-3-11)4-9(16)17/h5-6H,1-4H2,(H,13,14)(H,16,17). The predicted octanol–water partition coefficient (Wildman–Crippen LogP) is 2.56. The van der Waals surface area contributed by atoms with Crippen LogP contribution in [-0.2, 0) is 4.79 Å². The summed E-state index contributed by atoms with van der Waals surface area (Å²) in [5.41, 5.74) is -0.465. The first kappa shape index (κ1) is 13.7. The summed E-state index contributed by atoms with van der Waals surface area (Å²) in [5.74, 6) is -0.917. The summed E-state index contributed by atoms with van der Waals surface area (Å²) in [5, 5.41) is 23.0. The molecule has 0 unspecified atom stereocenters. The van der Waals surface area contributed by atoms with Crippen LogP contribution in [0.15, 0.2) is 16.9 Å². The Morgan fingerprint density at radius 2 is 2.26 bits per heavy atom. The maximum absolute atomic E-state index is 11.0. The van der Waals surface area contributed by atoms with Crippen molar-refractivity contribution in [3.63, 3.8) is 0 Å². The number of aliphatic carboxylic acids is 1. The molecule has 1 aliphatic carbocycles. The van der Waals surface area contributed by atoms with Gasteiger partial charge in [0, 0.05) is 11.7 Å². The van der Waals surface area contributed by atoms with Crippen LogP contribution in [-0.4, -0.2) is 26.5 Å².